The average Bonchev–Trinajstić information content (AvgIpc) is 2.93. The summed E-state index contributed by atoms with van der Waals surface area (Å²) in [6.07, 6.45) is 4.92. The van der Waals surface area contributed by atoms with Gasteiger partial charge in [0, 0.05) is 0 Å². The van der Waals surface area contributed by atoms with Crippen LogP contribution in [0.4, 0.5) is 0 Å². The summed E-state index contributed by atoms with van der Waals surface area (Å²) in [4.78, 5) is 0. The molecule has 0 aromatic heterocycles. The van der Waals surface area contributed by atoms with Crippen molar-refractivity contribution in [3.05, 3.63) is 0 Å². The van der Waals surface area contributed by atoms with E-state index in [0.717, 1.165) is 0 Å². The SMILES string of the molecule is C#CCOCC1COC(C)(C)O1.CC1(C)OCC(CO)O1. The zero-order valence-electron chi connectivity index (χ0n) is 13.3. The highest BCUT2D eigenvalue weighted by atomic mass is 16.8. The molecule has 0 aliphatic carbocycles. The largest absolute Gasteiger partial charge is 0.394 e. The number of aliphatic hydroxyl groups excluding tert-OH is 1. The maximum Gasteiger partial charge on any atom is 0.163 e. The van der Waals surface area contributed by atoms with Crippen LogP contribution in [0.2, 0.25) is 0 Å². The van der Waals surface area contributed by atoms with E-state index in [-0.39, 0.29) is 18.8 Å². The number of ether oxygens (including phenoxy) is 5. The third-order valence-corrected chi connectivity index (χ3v) is 2.83. The fraction of sp³-hybridized carbons (Fsp3) is 0.867. The molecule has 21 heavy (non-hydrogen) atoms. The molecule has 0 saturated carbocycles. The van der Waals surface area contributed by atoms with Gasteiger partial charge in [-0.25, -0.2) is 0 Å². The molecule has 0 radical (unpaired) electrons. The van der Waals surface area contributed by atoms with Crippen molar-refractivity contribution in [2.45, 2.75) is 51.5 Å². The van der Waals surface area contributed by atoms with Gasteiger partial charge in [-0.2, -0.15) is 0 Å². The lowest BCUT2D eigenvalue weighted by Gasteiger charge is -2.16. The predicted molar refractivity (Wildman–Crippen MR) is 76.5 cm³/mol. The van der Waals surface area contributed by atoms with Gasteiger partial charge < -0.3 is 28.8 Å². The lowest BCUT2D eigenvalue weighted by Crippen LogP contribution is -2.24. The van der Waals surface area contributed by atoms with Crippen LogP contribution in [0.1, 0.15) is 27.7 Å². The topological polar surface area (TPSA) is 66.4 Å². The van der Waals surface area contributed by atoms with Crippen molar-refractivity contribution in [2.24, 2.45) is 0 Å². The molecule has 2 unspecified atom stereocenters. The molecule has 1 N–H and O–H groups in total. The minimum absolute atomic E-state index is 0.0216. The van der Waals surface area contributed by atoms with Gasteiger partial charge in [0.2, 0.25) is 0 Å². The second-order valence-corrected chi connectivity index (χ2v) is 5.80. The van der Waals surface area contributed by atoms with Crippen LogP contribution in [0.15, 0.2) is 0 Å². The van der Waals surface area contributed by atoms with Gasteiger partial charge in [0.25, 0.3) is 0 Å². The van der Waals surface area contributed by atoms with Gasteiger partial charge in [0.15, 0.2) is 11.6 Å². The summed E-state index contributed by atoms with van der Waals surface area (Å²) in [5.41, 5.74) is 0. The van der Waals surface area contributed by atoms with Crippen LogP contribution >= 0.6 is 0 Å². The standard InChI is InChI=1S/C9H14O3.C6H12O3/c1-4-5-10-6-8-7-11-9(2,3)12-8;1-6(2)8-4-5(3-7)9-6/h1,8H,5-7H2,2-3H3;5,7H,3-4H2,1-2H3. The van der Waals surface area contributed by atoms with Gasteiger partial charge in [-0.05, 0) is 27.7 Å². The summed E-state index contributed by atoms with van der Waals surface area (Å²) in [6.45, 7) is 9.41. The van der Waals surface area contributed by atoms with Crippen molar-refractivity contribution in [1.29, 1.82) is 0 Å². The van der Waals surface area contributed by atoms with Crippen LogP contribution in [0, 0.1) is 12.3 Å². The Labute approximate surface area is 126 Å². The van der Waals surface area contributed by atoms with E-state index in [0.29, 0.717) is 26.4 Å². The molecule has 2 rings (SSSR count). The first-order valence-electron chi connectivity index (χ1n) is 7.03. The number of aliphatic hydroxyl groups is 1. The predicted octanol–water partition coefficient (Wildman–Crippen LogP) is 0.918. The Kier molecular flexibility index (Phi) is 7.07. The summed E-state index contributed by atoms with van der Waals surface area (Å²) in [7, 11) is 0. The van der Waals surface area contributed by atoms with Crippen LogP contribution < -0.4 is 0 Å². The Morgan fingerprint density at radius 1 is 1.10 bits per heavy atom. The Bertz CT molecular complexity index is 347. The summed E-state index contributed by atoms with van der Waals surface area (Å²) in [5.74, 6) is 1.43. The summed E-state index contributed by atoms with van der Waals surface area (Å²) in [5, 5.41) is 8.59. The van der Waals surface area contributed by atoms with Crippen LogP contribution in [0.5, 0.6) is 0 Å². The zero-order valence-corrected chi connectivity index (χ0v) is 13.3. The first-order chi connectivity index (χ1) is 9.78. The first kappa shape index (κ1) is 18.4. The molecule has 2 heterocycles. The van der Waals surface area contributed by atoms with Crippen LogP contribution in [0.3, 0.4) is 0 Å². The maximum absolute atomic E-state index is 8.59. The molecule has 0 aromatic rings. The van der Waals surface area contributed by atoms with Gasteiger partial charge in [0.05, 0.1) is 26.4 Å². The number of rotatable bonds is 4. The Hall–Kier alpha value is -0.680. The highest BCUT2D eigenvalue weighted by Crippen LogP contribution is 2.22. The van der Waals surface area contributed by atoms with Crippen molar-refractivity contribution < 1.29 is 28.8 Å². The molecule has 2 aliphatic heterocycles. The lowest BCUT2D eigenvalue weighted by molar-refractivity contribution is -0.144. The average molecular weight is 302 g/mol. The van der Waals surface area contributed by atoms with Crippen molar-refractivity contribution >= 4 is 0 Å². The molecular weight excluding hydrogens is 276 g/mol. The van der Waals surface area contributed by atoms with Gasteiger partial charge >= 0.3 is 0 Å². The minimum atomic E-state index is -0.493. The van der Waals surface area contributed by atoms with E-state index < -0.39 is 11.6 Å². The quantitative estimate of drug-likeness (QED) is 0.615. The highest BCUT2D eigenvalue weighted by Gasteiger charge is 2.32. The Balaban J connectivity index is 0.000000219. The molecule has 0 bridgehead atoms. The van der Waals surface area contributed by atoms with Crippen LogP contribution in [-0.2, 0) is 23.7 Å². The van der Waals surface area contributed by atoms with E-state index in [9.17, 15) is 0 Å². The smallest absolute Gasteiger partial charge is 0.163 e. The van der Waals surface area contributed by atoms with Crippen molar-refractivity contribution in [3.8, 4) is 12.3 Å². The molecule has 0 aromatic carbocycles. The fourth-order valence-corrected chi connectivity index (χ4v) is 1.95. The maximum atomic E-state index is 8.59. The summed E-state index contributed by atoms with van der Waals surface area (Å²) >= 11 is 0. The van der Waals surface area contributed by atoms with E-state index in [1.165, 1.54) is 0 Å². The van der Waals surface area contributed by atoms with E-state index in [4.69, 9.17) is 35.2 Å². The van der Waals surface area contributed by atoms with Crippen LogP contribution in [-0.4, -0.2) is 61.9 Å². The van der Waals surface area contributed by atoms with Crippen LogP contribution in [0.25, 0.3) is 0 Å². The summed E-state index contributed by atoms with van der Waals surface area (Å²) in [6, 6.07) is 0. The fourth-order valence-electron chi connectivity index (χ4n) is 1.95. The van der Waals surface area contributed by atoms with Crippen molar-refractivity contribution in [3.63, 3.8) is 0 Å². The molecular formula is C15H26O6. The Morgan fingerprint density at radius 2 is 1.62 bits per heavy atom. The Morgan fingerprint density at radius 3 is 1.95 bits per heavy atom. The van der Waals surface area contributed by atoms with E-state index in [1.54, 1.807) is 0 Å². The third kappa shape index (κ3) is 7.23. The highest BCUT2D eigenvalue weighted by molar-refractivity contribution is 4.83. The molecule has 122 valence electrons. The molecule has 0 amide bonds. The molecule has 0 spiro atoms. The zero-order chi connectivity index (χ0) is 15.9. The summed E-state index contributed by atoms with van der Waals surface area (Å²) < 4.78 is 26.3. The molecule has 6 heteroatoms. The normalized spacial score (nSPS) is 29.5. The second-order valence-electron chi connectivity index (χ2n) is 5.80. The molecule has 2 atom stereocenters. The third-order valence-electron chi connectivity index (χ3n) is 2.83. The molecule has 2 aliphatic rings. The monoisotopic (exact) mass is 302 g/mol. The number of hydrogen-bond donors (Lipinski definition) is 1. The second kappa shape index (κ2) is 8.08. The van der Waals surface area contributed by atoms with E-state index in [1.807, 2.05) is 27.7 Å². The van der Waals surface area contributed by atoms with Gasteiger partial charge in [-0.3, -0.25) is 0 Å². The van der Waals surface area contributed by atoms with Gasteiger partial charge in [0.1, 0.15) is 18.8 Å². The number of hydrogen-bond acceptors (Lipinski definition) is 6. The molecule has 2 saturated heterocycles. The number of terminal acetylenes is 1. The van der Waals surface area contributed by atoms with Crippen molar-refractivity contribution in [2.75, 3.05) is 33.0 Å². The molecule has 2 fully saturated rings. The van der Waals surface area contributed by atoms with E-state index in [2.05, 4.69) is 5.92 Å². The van der Waals surface area contributed by atoms with Gasteiger partial charge in [-0.15, -0.1) is 6.42 Å². The van der Waals surface area contributed by atoms with Crippen molar-refractivity contribution in [1.82, 2.24) is 0 Å². The van der Waals surface area contributed by atoms with Gasteiger partial charge in [-0.1, -0.05) is 5.92 Å². The molecule has 6 nitrogen and oxygen atoms in total. The minimum Gasteiger partial charge on any atom is -0.394 e. The lowest BCUT2D eigenvalue weighted by atomic mass is 10.4. The first-order valence-corrected chi connectivity index (χ1v) is 7.03. The van der Waals surface area contributed by atoms with E-state index >= 15 is 0 Å².